The maximum Gasteiger partial charge on any atom is 0.0249 e. The van der Waals surface area contributed by atoms with Crippen molar-refractivity contribution in [3.8, 4) is 11.8 Å². The molecule has 0 bridgehead atoms. The van der Waals surface area contributed by atoms with Crippen LogP contribution in [0.25, 0.3) is 0 Å². The molecule has 2 saturated carbocycles. The molecular weight excluding hydrogens is 384 g/mol. The molecule has 0 saturated heterocycles. The summed E-state index contributed by atoms with van der Waals surface area (Å²) in [7, 11) is 0. The summed E-state index contributed by atoms with van der Waals surface area (Å²) in [6.45, 7) is 6.13. The fraction of sp³-hybridized carbons (Fsp3) is 0.500. The second kappa shape index (κ2) is 11.6. The Hall–Kier alpha value is -2.26. The second-order valence-corrected chi connectivity index (χ2v) is 10.2. The Morgan fingerprint density at radius 1 is 0.844 bits per heavy atom. The molecule has 0 radical (unpaired) electrons. The summed E-state index contributed by atoms with van der Waals surface area (Å²) in [5.41, 5.74) is 5.09. The Morgan fingerprint density at radius 2 is 1.50 bits per heavy atom. The zero-order valence-corrected chi connectivity index (χ0v) is 20.0. The van der Waals surface area contributed by atoms with E-state index in [1.54, 1.807) is 0 Å². The van der Waals surface area contributed by atoms with Crippen LogP contribution in [0.15, 0.2) is 61.2 Å². The molecule has 2 aliphatic rings. The molecule has 0 spiro atoms. The van der Waals surface area contributed by atoms with Crippen molar-refractivity contribution in [3.63, 3.8) is 0 Å². The van der Waals surface area contributed by atoms with Crippen LogP contribution in [0, 0.1) is 29.6 Å². The first-order chi connectivity index (χ1) is 15.7. The summed E-state index contributed by atoms with van der Waals surface area (Å²) in [5.74, 6) is 10.4. The number of rotatable bonds is 7. The molecule has 2 fully saturated rings. The van der Waals surface area contributed by atoms with Crippen LogP contribution in [0.1, 0.15) is 99.3 Å². The van der Waals surface area contributed by atoms with E-state index in [-0.39, 0.29) is 0 Å². The van der Waals surface area contributed by atoms with Crippen molar-refractivity contribution in [2.24, 2.45) is 17.8 Å². The molecule has 0 aliphatic heterocycles. The Kier molecular flexibility index (Phi) is 8.28. The van der Waals surface area contributed by atoms with E-state index in [0.717, 1.165) is 47.6 Å². The zero-order valence-electron chi connectivity index (χ0n) is 20.0. The van der Waals surface area contributed by atoms with Crippen LogP contribution < -0.4 is 0 Å². The lowest BCUT2D eigenvalue weighted by atomic mass is 9.63. The van der Waals surface area contributed by atoms with E-state index < -0.39 is 0 Å². The monoisotopic (exact) mass is 424 g/mol. The number of aryl methyl sites for hydroxylation is 1. The molecule has 0 aromatic heterocycles. The van der Waals surface area contributed by atoms with Gasteiger partial charge in [0.05, 0.1) is 0 Å². The van der Waals surface area contributed by atoms with Gasteiger partial charge in [0.25, 0.3) is 0 Å². The Bertz CT molecular complexity index is 905. The van der Waals surface area contributed by atoms with Gasteiger partial charge in [0.15, 0.2) is 0 Å². The number of unbranched alkanes of at least 4 members (excludes halogenated alkanes) is 1. The second-order valence-electron chi connectivity index (χ2n) is 10.2. The average molecular weight is 425 g/mol. The van der Waals surface area contributed by atoms with Gasteiger partial charge in [-0.2, -0.15) is 0 Å². The smallest absolute Gasteiger partial charge is 0.0249 e. The van der Waals surface area contributed by atoms with Crippen LogP contribution in [0.2, 0.25) is 0 Å². The summed E-state index contributed by atoms with van der Waals surface area (Å²) in [5, 5.41) is 0. The number of hydrogen-bond acceptors (Lipinski definition) is 0. The zero-order chi connectivity index (χ0) is 22.2. The van der Waals surface area contributed by atoms with E-state index >= 15 is 0 Å². The lowest BCUT2D eigenvalue weighted by molar-refractivity contribution is 0.113. The Balaban J connectivity index is 1.31. The minimum absolute atomic E-state index is 0.758. The van der Waals surface area contributed by atoms with Crippen molar-refractivity contribution in [1.29, 1.82) is 0 Å². The van der Waals surface area contributed by atoms with Crippen LogP contribution in [0.3, 0.4) is 0 Å². The Morgan fingerprint density at radius 3 is 2.19 bits per heavy atom. The van der Waals surface area contributed by atoms with E-state index in [1.165, 1.54) is 68.9 Å². The largest absolute Gasteiger partial charge is 0.103 e. The third-order valence-electron chi connectivity index (χ3n) is 8.01. The maximum atomic E-state index is 3.80. The summed E-state index contributed by atoms with van der Waals surface area (Å²) >= 11 is 0. The number of benzene rings is 2. The molecule has 0 nitrogen and oxygen atoms in total. The summed E-state index contributed by atoms with van der Waals surface area (Å²) in [4.78, 5) is 0. The van der Waals surface area contributed by atoms with Gasteiger partial charge in [-0.15, -0.1) is 6.58 Å². The van der Waals surface area contributed by atoms with Gasteiger partial charge >= 0.3 is 0 Å². The minimum atomic E-state index is 0.758. The van der Waals surface area contributed by atoms with E-state index in [0.29, 0.717) is 0 Å². The number of hydrogen-bond donors (Lipinski definition) is 0. The van der Waals surface area contributed by atoms with Crippen molar-refractivity contribution < 1.29 is 0 Å². The molecule has 4 atom stereocenters. The topological polar surface area (TPSA) is 0 Å². The third kappa shape index (κ3) is 6.16. The van der Waals surface area contributed by atoms with Gasteiger partial charge in [-0.05, 0) is 104 Å². The van der Waals surface area contributed by atoms with Crippen molar-refractivity contribution in [2.75, 3.05) is 0 Å². The highest BCUT2D eigenvalue weighted by molar-refractivity contribution is 5.44. The van der Waals surface area contributed by atoms with Crippen molar-refractivity contribution in [2.45, 2.75) is 83.5 Å². The minimum Gasteiger partial charge on any atom is -0.103 e. The standard InChI is InChI=1S/C32H40/c1-3-5-7-25-9-11-26(12-10-25)13-14-27-15-18-29(19-16-27)31-22-21-30-23-28(8-6-4-2)17-20-32(30)24-31/h3,9-12,15-16,18-19,28,30-32H,1,4-8,17,20-24H2,2H3. The highest BCUT2D eigenvalue weighted by atomic mass is 14.4. The molecule has 0 amide bonds. The first-order valence-corrected chi connectivity index (χ1v) is 13.1. The molecule has 2 aromatic carbocycles. The van der Waals surface area contributed by atoms with Gasteiger partial charge in [0.2, 0.25) is 0 Å². The first-order valence-electron chi connectivity index (χ1n) is 13.1. The average Bonchev–Trinajstić information content (AvgIpc) is 2.85. The molecule has 0 N–H and O–H groups in total. The molecule has 168 valence electrons. The first kappa shape index (κ1) is 22.9. The molecular formula is C32H40. The number of fused-ring (bicyclic) bond motifs is 1. The van der Waals surface area contributed by atoms with Gasteiger partial charge < -0.3 is 0 Å². The van der Waals surface area contributed by atoms with Gasteiger partial charge in [0, 0.05) is 11.1 Å². The van der Waals surface area contributed by atoms with Crippen LogP contribution in [-0.4, -0.2) is 0 Å². The van der Waals surface area contributed by atoms with Gasteiger partial charge in [-0.25, -0.2) is 0 Å². The lowest BCUT2D eigenvalue weighted by Crippen LogP contribution is -2.30. The fourth-order valence-electron chi connectivity index (χ4n) is 6.05. The van der Waals surface area contributed by atoms with Crippen molar-refractivity contribution >= 4 is 0 Å². The summed E-state index contributed by atoms with van der Waals surface area (Å²) in [6.07, 6.45) is 17.0. The molecule has 2 aliphatic carbocycles. The van der Waals surface area contributed by atoms with Gasteiger partial charge in [-0.1, -0.05) is 74.8 Å². The molecule has 0 heteroatoms. The molecule has 4 rings (SSSR count). The van der Waals surface area contributed by atoms with Crippen LogP contribution in [0.5, 0.6) is 0 Å². The molecule has 4 unspecified atom stereocenters. The van der Waals surface area contributed by atoms with Crippen molar-refractivity contribution in [3.05, 3.63) is 83.4 Å². The van der Waals surface area contributed by atoms with Crippen LogP contribution in [-0.2, 0) is 6.42 Å². The quantitative estimate of drug-likeness (QED) is 0.308. The van der Waals surface area contributed by atoms with Crippen LogP contribution in [0.4, 0.5) is 0 Å². The predicted molar refractivity (Wildman–Crippen MR) is 138 cm³/mol. The van der Waals surface area contributed by atoms with E-state index in [1.807, 2.05) is 6.08 Å². The maximum absolute atomic E-state index is 3.80. The highest BCUT2D eigenvalue weighted by Gasteiger charge is 2.35. The van der Waals surface area contributed by atoms with E-state index in [4.69, 9.17) is 0 Å². The summed E-state index contributed by atoms with van der Waals surface area (Å²) in [6, 6.07) is 17.8. The SMILES string of the molecule is C=CCCc1ccc(C#Cc2ccc(C3CCC4CC(CCCC)CCC4C3)cc2)cc1. The van der Waals surface area contributed by atoms with E-state index in [2.05, 4.69) is 73.9 Å². The third-order valence-corrected chi connectivity index (χ3v) is 8.01. The highest BCUT2D eigenvalue weighted by Crippen LogP contribution is 2.48. The van der Waals surface area contributed by atoms with Crippen LogP contribution >= 0.6 is 0 Å². The number of allylic oxidation sites excluding steroid dienone is 1. The van der Waals surface area contributed by atoms with Crippen molar-refractivity contribution in [1.82, 2.24) is 0 Å². The lowest BCUT2D eigenvalue weighted by Gasteiger charge is -2.42. The summed E-state index contributed by atoms with van der Waals surface area (Å²) < 4.78 is 0. The van der Waals surface area contributed by atoms with E-state index in [9.17, 15) is 0 Å². The van der Waals surface area contributed by atoms with Gasteiger partial charge in [0.1, 0.15) is 0 Å². The molecule has 0 heterocycles. The fourth-order valence-corrected chi connectivity index (χ4v) is 6.05. The molecule has 32 heavy (non-hydrogen) atoms. The molecule has 2 aromatic rings. The van der Waals surface area contributed by atoms with Gasteiger partial charge in [-0.3, -0.25) is 0 Å². The Labute approximate surface area is 196 Å². The predicted octanol–water partition coefficient (Wildman–Crippen LogP) is 8.70. The normalized spacial score (nSPS) is 24.8.